The van der Waals surface area contributed by atoms with Crippen LogP contribution < -0.4 is 10.6 Å². The third-order valence-electron chi connectivity index (χ3n) is 7.41. The highest BCUT2D eigenvalue weighted by atomic mass is 19.4. The second-order valence-electron chi connectivity index (χ2n) is 9.47. The van der Waals surface area contributed by atoms with Gasteiger partial charge in [-0.05, 0) is 49.1 Å². The summed E-state index contributed by atoms with van der Waals surface area (Å²) < 4.78 is 40.8. The molecule has 3 atom stereocenters. The van der Waals surface area contributed by atoms with E-state index in [1.54, 1.807) is 31.3 Å². The lowest BCUT2D eigenvalue weighted by Gasteiger charge is -2.49. The highest BCUT2D eigenvalue weighted by molar-refractivity contribution is 5.86. The number of piperazine rings is 1. The lowest BCUT2D eigenvalue weighted by atomic mass is 9.94. The normalized spacial score (nSPS) is 19.7. The largest absolute Gasteiger partial charge is 0.416 e. The number of aromatic nitrogens is 3. The Balaban J connectivity index is 1.73. The summed E-state index contributed by atoms with van der Waals surface area (Å²) in [6.07, 6.45) is -2.04. The van der Waals surface area contributed by atoms with E-state index in [-0.39, 0.29) is 23.8 Å². The number of nitrogens with zero attached hydrogens (tertiary/aromatic N) is 6. The molecule has 3 aromatic rings. The van der Waals surface area contributed by atoms with Gasteiger partial charge in [-0.25, -0.2) is 9.78 Å². The van der Waals surface area contributed by atoms with Crippen molar-refractivity contribution in [3.8, 4) is 6.07 Å². The van der Waals surface area contributed by atoms with Crippen molar-refractivity contribution in [2.75, 3.05) is 18.0 Å². The van der Waals surface area contributed by atoms with E-state index in [1.807, 2.05) is 6.92 Å². The molecule has 1 fully saturated rings. The molecule has 1 aromatic carbocycles. The van der Waals surface area contributed by atoms with Crippen LogP contribution in [0.3, 0.4) is 0 Å². The van der Waals surface area contributed by atoms with Crippen molar-refractivity contribution in [3.63, 3.8) is 0 Å². The fraction of sp³-hybridized carbons (Fsp3) is 0.481. The van der Waals surface area contributed by atoms with Crippen LogP contribution in [0.15, 0.2) is 41.2 Å². The number of hydrogen-bond acceptors (Lipinski definition) is 6. The highest BCUT2D eigenvalue weighted by Crippen LogP contribution is 2.36. The Morgan fingerprint density at radius 3 is 2.27 bits per heavy atom. The highest BCUT2D eigenvalue weighted by Gasteiger charge is 2.38. The summed E-state index contributed by atoms with van der Waals surface area (Å²) >= 11 is 0. The van der Waals surface area contributed by atoms with Gasteiger partial charge in [-0.2, -0.15) is 23.4 Å². The van der Waals surface area contributed by atoms with Gasteiger partial charge < -0.3 is 4.90 Å². The summed E-state index contributed by atoms with van der Waals surface area (Å²) in [7, 11) is 1.63. The number of nitriles is 1. The molecule has 37 heavy (non-hydrogen) atoms. The van der Waals surface area contributed by atoms with Crippen LogP contribution in [0.2, 0.25) is 0 Å². The maximum Gasteiger partial charge on any atom is 0.416 e. The van der Waals surface area contributed by atoms with Crippen molar-refractivity contribution in [2.45, 2.75) is 64.3 Å². The molecule has 0 amide bonds. The maximum absolute atomic E-state index is 13.1. The number of rotatable bonds is 6. The monoisotopic (exact) mass is 512 g/mol. The van der Waals surface area contributed by atoms with E-state index < -0.39 is 17.4 Å². The number of anilines is 1. The van der Waals surface area contributed by atoms with Crippen molar-refractivity contribution >= 4 is 16.9 Å². The molecular weight excluding hydrogens is 481 g/mol. The minimum Gasteiger partial charge on any atom is -0.349 e. The first kappa shape index (κ1) is 26.6. The molecule has 1 saturated heterocycles. The quantitative estimate of drug-likeness (QED) is 0.460. The standard InChI is InChI=1S/C27H31F3N6O/c1-5-20-16-36(25-24-23(34(4)26(37)33-25)13-12-19(14-31)32-24)21(6-2)15-35(20)22(7-3)17-8-10-18(11-9-17)27(28,29)30/h8-13,20-22H,5-7,15-16H2,1-4H3/t20-,21?,22?/m1/s1. The second kappa shape index (κ2) is 10.5. The third-order valence-corrected chi connectivity index (χ3v) is 7.41. The molecule has 0 aliphatic carbocycles. The van der Waals surface area contributed by atoms with E-state index in [9.17, 15) is 23.2 Å². The van der Waals surface area contributed by atoms with Crippen LogP contribution in [0.1, 0.15) is 62.9 Å². The SMILES string of the molecule is CCC1CN(C(CC)c2ccc(C(F)(F)F)cc2)[C@H](CC)CN1c1nc(=O)n(C)c2ccc(C#N)nc12. The number of hydrogen-bond donors (Lipinski definition) is 0. The minimum atomic E-state index is -4.37. The minimum absolute atomic E-state index is 0.00152. The number of alkyl halides is 3. The topological polar surface area (TPSA) is 78.0 Å². The second-order valence-corrected chi connectivity index (χ2v) is 9.47. The maximum atomic E-state index is 13.1. The van der Waals surface area contributed by atoms with Gasteiger partial charge in [-0.3, -0.25) is 9.47 Å². The van der Waals surface area contributed by atoms with Crippen molar-refractivity contribution in [2.24, 2.45) is 7.05 Å². The summed E-state index contributed by atoms with van der Waals surface area (Å²) in [6.45, 7) is 7.44. The number of pyridine rings is 1. The molecule has 7 nitrogen and oxygen atoms in total. The molecular formula is C27H31F3N6O. The van der Waals surface area contributed by atoms with Crippen LogP contribution in [-0.4, -0.2) is 44.6 Å². The first-order valence-electron chi connectivity index (χ1n) is 12.6. The summed E-state index contributed by atoms with van der Waals surface area (Å²) in [5, 5.41) is 9.41. The molecule has 2 aromatic heterocycles. The molecule has 0 bridgehead atoms. The number of fused-ring (bicyclic) bond motifs is 1. The third kappa shape index (κ3) is 5.05. The van der Waals surface area contributed by atoms with Gasteiger partial charge in [0.15, 0.2) is 5.82 Å². The smallest absolute Gasteiger partial charge is 0.349 e. The van der Waals surface area contributed by atoms with E-state index in [2.05, 4.69) is 39.7 Å². The predicted octanol–water partition coefficient (Wildman–Crippen LogP) is 5.05. The van der Waals surface area contributed by atoms with Crippen molar-refractivity contribution in [3.05, 3.63) is 63.7 Å². The van der Waals surface area contributed by atoms with Crippen molar-refractivity contribution in [1.29, 1.82) is 5.26 Å². The van der Waals surface area contributed by atoms with Crippen LogP contribution in [0.5, 0.6) is 0 Å². The Labute approximate surface area is 214 Å². The lowest BCUT2D eigenvalue weighted by Crippen LogP contribution is -2.59. The first-order valence-corrected chi connectivity index (χ1v) is 12.6. The molecule has 0 spiro atoms. The zero-order chi connectivity index (χ0) is 26.9. The zero-order valence-corrected chi connectivity index (χ0v) is 21.5. The summed E-state index contributed by atoms with van der Waals surface area (Å²) in [5.74, 6) is 0.475. The van der Waals surface area contributed by atoms with Crippen LogP contribution in [0.25, 0.3) is 11.0 Å². The molecule has 10 heteroatoms. The molecule has 1 aliphatic rings. The van der Waals surface area contributed by atoms with Crippen LogP contribution >= 0.6 is 0 Å². The summed E-state index contributed by atoms with van der Waals surface area (Å²) in [4.78, 5) is 26.1. The molecule has 0 saturated carbocycles. The Kier molecular flexibility index (Phi) is 7.55. The summed E-state index contributed by atoms with van der Waals surface area (Å²) in [5.41, 5.74) is 1.18. The van der Waals surface area contributed by atoms with E-state index in [0.717, 1.165) is 37.0 Å². The first-order chi connectivity index (χ1) is 17.6. The molecule has 4 rings (SSSR count). The van der Waals surface area contributed by atoms with Crippen LogP contribution in [0, 0.1) is 11.3 Å². The molecule has 2 unspecified atom stereocenters. The van der Waals surface area contributed by atoms with Gasteiger partial charge in [0.25, 0.3) is 0 Å². The van der Waals surface area contributed by atoms with E-state index in [4.69, 9.17) is 0 Å². The Morgan fingerprint density at radius 2 is 1.70 bits per heavy atom. The fourth-order valence-electron chi connectivity index (χ4n) is 5.35. The van der Waals surface area contributed by atoms with Gasteiger partial charge in [0.1, 0.15) is 17.3 Å². The predicted molar refractivity (Wildman–Crippen MR) is 136 cm³/mol. The Hall–Kier alpha value is -3.45. The zero-order valence-electron chi connectivity index (χ0n) is 21.5. The molecule has 0 N–H and O–H groups in total. The van der Waals surface area contributed by atoms with Crippen molar-refractivity contribution in [1.82, 2.24) is 19.4 Å². The average Bonchev–Trinajstić information content (AvgIpc) is 2.90. The fourth-order valence-corrected chi connectivity index (χ4v) is 5.35. The van der Waals surface area contributed by atoms with Gasteiger partial charge in [-0.15, -0.1) is 0 Å². The number of aryl methyl sites for hydroxylation is 1. The van der Waals surface area contributed by atoms with Crippen LogP contribution in [-0.2, 0) is 13.2 Å². The van der Waals surface area contributed by atoms with Gasteiger partial charge in [0.2, 0.25) is 0 Å². The van der Waals surface area contributed by atoms with Gasteiger partial charge in [0, 0.05) is 38.3 Å². The van der Waals surface area contributed by atoms with E-state index in [1.165, 1.54) is 4.57 Å². The van der Waals surface area contributed by atoms with Gasteiger partial charge in [-0.1, -0.05) is 32.9 Å². The lowest BCUT2D eigenvalue weighted by molar-refractivity contribution is -0.137. The van der Waals surface area contributed by atoms with E-state index in [0.29, 0.717) is 29.9 Å². The number of benzene rings is 1. The van der Waals surface area contributed by atoms with Crippen molar-refractivity contribution < 1.29 is 13.2 Å². The average molecular weight is 513 g/mol. The molecule has 0 radical (unpaired) electrons. The summed E-state index contributed by atoms with van der Waals surface area (Å²) in [6, 6.07) is 10.9. The van der Waals surface area contributed by atoms with E-state index >= 15 is 0 Å². The molecule has 196 valence electrons. The number of halogens is 3. The van der Waals surface area contributed by atoms with Gasteiger partial charge >= 0.3 is 11.9 Å². The molecule has 3 heterocycles. The molecule has 1 aliphatic heterocycles. The Bertz CT molecular complexity index is 1360. The Morgan fingerprint density at radius 1 is 1.03 bits per heavy atom. The van der Waals surface area contributed by atoms with Crippen LogP contribution in [0.4, 0.5) is 19.0 Å². The van der Waals surface area contributed by atoms with Gasteiger partial charge in [0.05, 0.1) is 11.1 Å².